The van der Waals surface area contributed by atoms with Gasteiger partial charge in [-0.2, -0.15) is 5.10 Å². The molecule has 31 heavy (non-hydrogen) atoms. The number of nitrogens with zero attached hydrogens (tertiary/aromatic N) is 3. The molecule has 5 heteroatoms. The number of hydrogen-bond donors (Lipinski definition) is 1. The number of hydrogen-bond acceptors (Lipinski definition) is 3. The lowest BCUT2D eigenvalue weighted by atomic mass is 9.74. The van der Waals surface area contributed by atoms with Gasteiger partial charge in [0.2, 0.25) is 0 Å². The van der Waals surface area contributed by atoms with E-state index in [-0.39, 0.29) is 5.91 Å². The van der Waals surface area contributed by atoms with Crippen LogP contribution in [0, 0.1) is 12.8 Å². The lowest BCUT2D eigenvalue weighted by Crippen LogP contribution is -2.56. The Morgan fingerprint density at radius 1 is 1.13 bits per heavy atom. The van der Waals surface area contributed by atoms with Crippen molar-refractivity contribution in [1.82, 2.24) is 20.0 Å². The zero-order valence-corrected chi connectivity index (χ0v) is 19.0. The first-order valence-corrected chi connectivity index (χ1v) is 12.2. The summed E-state index contributed by atoms with van der Waals surface area (Å²) in [6.45, 7) is 5.04. The van der Waals surface area contributed by atoms with Crippen LogP contribution in [0.1, 0.15) is 84.1 Å². The molecule has 1 aromatic carbocycles. The Labute approximate surface area is 186 Å². The summed E-state index contributed by atoms with van der Waals surface area (Å²) < 4.78 is 2.17. The summed E-state index contributed by atoms with van der Waals surface area (Å²) in [6, 6.07) is 10.7. The van der Waals surface area contributed by atoms with Crippen LogP contribution in [0.4, 0.5) is 0 Å². The molecule has 1 aromatic heterocycles. The van der Waals surface area contributed by atoms with Crippen LogP contribution in [0.25, 0.3) is 0 Å². The number of aryl methyl sites for hydroxylation is 2. The molecule has 1 aliphatic carbocycles. The average Bonchev–Trinajstić information content (AvgIpc) is 3.20. The molecule has 3 aliphatic heterocycles. The second-order valence-electron chi connectivity index (χ2n) is 10.1. The van der Waals surface area contributed by atoms with Gasteiger partial charge in [0.1, 0.15) is 0 Å². The molecule has 3 saturated heterocycles. The summed E-state index contributed by atoms with van der Waals surface area (Å²) in [7, 11) is 2.14. The lowest BCUT2D eigenvalue weighted by Gasteiger charge is -2.50. The van der Waals surface area contributed by atoms with E-state index < -0.39 is 0 Å². The molecule has 4 fully saturated rings. The van der Waals surface area contributed by atoms with Gasteiger partial charge in [0.05, 0.1) is 5.69 Å². The van der Waals surface area contributed by atoms with Crippen LogP contribution < -0.4 is 5.32 Å². The van der Waals surface area contributed by atoms with Crippen molar-refractivity contribution < 1.29 is 4.79 Å². The number of carbonyl (C=O) groups excluding carboxylic acids is 1. The first kappa shape index (κ1) is 20.7. The predicted molar refractivity (Wildman–Crippen MR) is 123 cm³/mol. The standard InChI is InChI=1S/C26H36N4O/c1-18-8-10-20(11-9-18)26(31)27-16-22-14-21-12-13-30(22)17-23(21)25-15-24(28-29(25)2)19-6-4-3-5-7-19/h8-11,15,19,21-23H,3-7,12-14,16-17H2,1-2H3,(H,27,31)/t21-,22+,23-/m0/s1. The van der Waals surface area contributed by atoms with Crippen LogP contribution in [-0.2, 0) is 7.05 Å². The summed E-state index contributed by atoms with van der Waals surface area (Å²) >= 11 is 0. The molecule has 1 unspecified atom stereocenters. The Bertz CT molecular complexity index is 912. The second-order valence-corrected chi connectivity index (χ2v) is 10.1. The smallest absolute Gasteiger partial charge is 0.251 e. The number of fused-ring (bicyclic) bond motifs is 3. The Kier molecular flexibility index (Phi) is 5.87. The van der Waals surface area contributed by atoms with Gasteiger partial charge in [0, 0.05) is 49.3 Å². The highest BCUT2D eigenvalue weighted by atomic mass is 16.1. The van der Waals surface area contributed by atoms with E-state index in [4.69, 9.17) is 5.10 Å². The van der Waals surface area contributed by atoms with E-state index in [9.17, 15) is 4.79 Å². The summed E-state index contributed by atoms with van der Waals surface area (Å²) in [5.41, 5.74) is 4.69. The average molecular weight is 421 g/mol. The van der Waals surface area contributed by atoms with Gasteiger partial charge in [-0.3, -0.25) is 14.4 Å². The highest BCUT2D eigenvalue weighted by Gasteiger charge is 2.42. The van der Waals surface area contributed by atoms with Gasteiger partial charge in [-0.25, -0.2) is 0 Å². The van der Waals surface area contributed by atoms with E-state index in [0.29, 0.717) is 23.8 Å². The van der Waals surface area contributed by atoms with E-state index in [1.165, 1.54) is 61.9 Å². The van der Waals surface area contributed by atoms with Gasteiger partial charge in [-0.15, -0.1) is 0 Å². The quantitative estimate of drug-likeness (QED) is 0.781. The van der Waals surface area contributed by atoms with Crippen molar-refractivity contribution in [2.24, 2.45) is 13.0 Å². The van der Waals surface area contributed by atoms with Crippen LogP contribution in [-0.4, -0.2) is 46.3 Å². The van der Waals surface area contributed by atoms with E-state index in [1.54, 1.807) is 0 Å². The Balaban J connectivity index is 1.21. The third kappa shape index (κ3) is 4.30. The molecule has 0 radical (unpaired) electrons. The van der Waals surface area contributed by atoms with E-state index in [0.717, 1.165) is 25.2 Å². The second kappa shape index (κ2) is 8.78. The topological polar surface area (TPSA) is 50.2 Å². The van der Waals surface area contributed by atoms with E-state index >= 15 is 0 Å². The van der Waals surface area contributed by atoms with Crippen molar-refractivity contribution in [3.63, 3.8) is 0 Å². The van der Waals surface area contributed by atoms with Gasteiger partial charge in [-0.05, 0) is 63.3 Å². The highest BCUT2D eigenvalue weighted by molar-refractivity contribution is 5.94. The molecular weight excluding hydrogens is 384 g/mol. The maximum absolute atomic E-state index is 12.5. The van der Waals surface area contributed by atoms with E-state index in [2.05, 4.69) is 28.0 Å². The number of carbonyl (C=O) groups is 1. The molecule has 4 heterocycles. The number of benzene rings is 1. The maximum atomic E-state index is 12.5. The maximum Gasteiger partial charge on any atom is 0.251 e. The minimum atomic E-state index is 0.0444. The lowest BCUT2D eigenvalue weighted by molar-refractivity contribution is 0.0280. The van der Waals surface area contributed by atoms with Gasteiger partial charge in [0.25, 0.3) is 5.91 Å². The minimum Gasteiger partial charge on any atom is -0.350 e. The largest absolute Gasteiger partial charge is 0.350 e. The Hall–Kier alpha value is -2.14. The van der Waals surface area contributed by atoms with Crippen LogP contribution in [0.15, 0.2) is 30.3 Å². The van der Waals surface area contributed by atoms with Gasteiger partial charge in [-0.1, -0.05) is 37.0 Å². The fourth-order valence-corrected chi connectivity index (χ4v) is 6.15. The van der Waals surface area contributed by atoms with E-state index in [1.807, 2.05) is 31.2 Å². The Morgan fingerprint density at radius 3 is 2.61 bits per heavy atom. The fourth-order valence-electron chi connectivity index (χ4n) is 6.15. The fraction of sp³-hybridized carbons (Fsp3) is 0.615. The molecule has 166 valence electrons. The zero-order chi connectivity index (χ0) is 21.4. The molecule has 4 aliphatic rings. The molecule has 2 aromatic rings. The summed E-state index contributed by atoms with van der Waals surface area (Å²) in [4.78, 5) is 15.2. The molecule has 6 rings (SSSR count). The van der Waals surface area contributed by atoms with Crippen LogP contribution in [0.3, 0.4) is 0 Å². The predicted octanol–water partition coefficient (Wildman–Crippen LogP) is 4.38. The minimum absolute atomic E-state index is 0.0444. The van der Waals surface area contributed by atoms with Crippen molar-refractivity contribution in [3.8, 4) is 0 Å². The first-order chi connectivity index (χ1) is 15.1. The number of rotatable bonds is 5. The number of amides is 1. The van der Waals surface area contributed by atoms with Crippen molar-refractivity contribution in [1.29, 1.82) is 0 Å². The molecule has 1 saturated carbocycles. The molecule has 2 bridgehead atoms. The molecule has 4 atom stereocenters. The van der Waals surface area contributed by atoms with Crippen molar-refractivity contribution >= 4 is 5.91 Å². The van der Waals surface area contributed by atoms with Crippen molar-refractivity contribution in [2.45, 2.75) is 69.7 Å². The SMILES string of the molecule is Cc1ccc(C(=O)NC[C@H]2C[C@@H]3CCN2C[C@@H]3c2cc(C3CCCCC3)nn2C)cc1. The third-order valence-corrected chi connectivity index (χ3v) is 8.03. The monoisotopic (exact) mass is 420 g/mol. The summed E-state index contributed by atoms with van der Waals surface area (Å²) in [5, 5.41) is 8.14. The number of piperidine rings is 3. The normalized spacial score (nSPS) is 28.6. The highest BCUT2D eigenvalue weighted by Crippen LogP contribution is 2.42. The number of nitrogens with one attached hydrogen (secondary N) is 1. The van der Waals surface area contributed by atoms with Crippen LogP contribution in [0.5, 0.6) is 0 Å². The molecular formula is C26H36N4O. The van der Waals surface area contributed by atoms with Crippen molar-refractivity contribution in [3.05, 3.63) is 52.8 Å². The Morgan fingerprint density at radius 2 is 1.90 bits per heavy atom. The first-order valence-electron chi connectivity index (χ1n) is 12.2. The molecule has 0 spiro atoms. The molecule has 1 amide bonds. The number of aromatic nitrogens is 2. The summed E-state index contributed by atoms with van der Waals surface area (Å²) in [5.74, 6) is 1.98. The molecule has 1 N–H and O–H groups in total. The summed E-state index contributed by atoms with van der Waals surface area (Å²) in [6.07, 6.45) is 9.13. The van der Waals surface area contributed by atoms with Gasteiger partial charge >= 0.3 is 0 Å². The van der Waals surface area contributed by atoms with Crippen molar-refractivity contribution in [2.75, 3.05) is 19.6 Å². The third-order valence-electron chi connectivity index (χ3n) is 8.03. The van der Waals surface area contributed by atoms with Gasteiger partial charge < -0.3 is 5.32 Å². The molecule has 5 nitrogen and oxygen atoms in total. The van der Waals surface area contributed by atoms with Crippen LogP contribution >= 0.6 is 0 Å². The van der Waals surface area contributed by atoms with Gasteiger partial charge in [0.15, 0.2) is 0 Å². The zero-order valence-electron chi connectivity index (χ0n) is 19.0. The van der Waals surface area contributed by atoms with Crippen LogP contribution in [0.2, 0.25) is 0 Å².